The number of methoxy groups -OCH3 is 1. The highest BCUT2D eigenvalue weighted by atomic mass is 16.5. The van der Waals surface area contributed by atoms with E-state index in [1.165, 1.54) is 24.1 Å². The Balaban J connectivity index is 2.31. The van der Waals surface area contributed by atoms with E-state index in [9.17, 15) is 0 Å². The lowest BCUT2D eigenvalue weighted by Gasteiger charge is -2.13. The Bertz CT molecular complexity index is 322. The molecular formula is C12H17NO. The van der Waals surface area contributed by atoms with Gasteiger partial charge in [-0.2, -0.15) is 0 Å². The predicted molar refractivity (Wildman–Crippen MR) is 59.0 cm³/mol. The molecule has 0 spiro atoms. The molecule has 0 amide bonds. The molecule has 0 bridgehead atoms. The van der Waals surface area contributed by atoms with E-state index in [2.05, 4.69) is 24.4 Å². The van der Waals surface area contributed by atoms with Crippen LogP contribution in [0.2, 0.25) is 0 Å². The van der Waals surface area contributed by atoms with Gasteiger partial charge in [0.1, 0.15) is 5.75 Å². The van der Waals surface area contributed by atoms with Crippen LogP contribution in [0.5, 0.6) is 5.75 Å². The van der Waals surface area contributed by atoms with Gasteiger partial charge >= 0.3 is 0 Å². The third kappa shape index (κ3) is 1.84. The van der Waals surface area contributed by atoms with Crippen LogP contribution >= 0.6 is 0 Å². The van der Waals surface area contributed by atoms with Gasteiger partial charge in [-0.25, -0.2) is 0 Å². The normalized spacial score (nSPS) is 20.6. The average molecular weight is 191 g/mol. The fourth-order valence-corrected chi connectivity index (χ4v) is 1.98. The summed E-state index contributed by atoms with van der Waals surface area (Å²) in [5.74, 6) is 0.958. The van der Waals surface area contributed by atoms with Gasteiger partial charge in [-0.05, 0) is 49.9 Å². The molecule has 2 heteroatoms. The molecule has 1 heterocycles. The van der Waals surface area contributed by atoms with Crippen molar-refractivity contribution in [2.24, 2.45) is 0 Å². The minimum Gasteiger partial charge on any atom is -0.497 e. The summed E-state index contributed by atoms with van der Waals surface area (Å²) in [4.78, 5) is 0. The largest absolute Gasteiger partial charge is 0.497 e. The maximum atomic E-state index is 5.22. The molecule has 0 aliphatic carbocycles. The second-order valence-electron chi connectivity index (χ2n) is 3.96. The summed E-state index contributed by atoms with van der Waals surface area (Å²) in [5, 5.41) is 3.52. The SMILES string of the molecule is COc1ccc2c(c1)CCCC(C)N2. The van der Waals surface area contributed by atoms with E-state index in [4.69, 9.17) is 4.74 Å². The highest BCUT2D eigenvalue weighted by Crippen LogP contribution is 2.27. The summed E-state index contributed by atoms with van der Waals surface area (Å²) in [6.07, 6.45) is 3.66. The lowest BCUT2D eigenvalue weighted by Crippen LogP contribution is -2.13. The molecule has 1 aromatic carbocycles. The summed E-state index contributed by atoms with van der Waals surface area (Å²) < 4.78 is 5.22. The molecule has 0 saturated heterocycles. The van der Waals surface area contributed by atoms with Crippen molar-refractivity contribution in [3.63, 3.8) is 0 Å². The standard InChI is InChI=1S/C12H17NO/c1-9-4-3-5-10-8-11(14-2)6-7-12(10)13-9/h6-9,13H,3-5H2,1-2H3. The summed E-state index contributed by atoms with van der Waals surface area (Å²) in [6, 6.07) is 6.87. The molecule has 0 saturated carbocycles. The topological polar surface area (TPSA) is 21.3 Å². The zero-order valence-corrected chi connectivity index (χ0v) is 8.84. The van der Waals surface area contributed by atoms with E-state index >= 15 is 0 Å². The number of fused-ring (bicyclic) bond motifs is 1. The second-order valence-corrected chi connectivity index (χ2v) is 3.96. The highest BCUT2D eigenvalue weighted by Gasteiger charge is 2.12. The van der Waals surface area contributed by atoms with Gasteiger partial charge in [0.15, 0.2) is 0 Å². The molecule has 2 rings (SSSR count). The van der Waals surface area contributed by atoms with Gasteiger partial charge in [-0.15, -0.1) is 0 Å². The minimum atomic E-state index is 0.588. The van der Waals surface area contributed by atoms with E-state index in [1.807, 2.05) is 6.07 Å². The van der Waals surface area contributed by atoms with Crippen LogP contribution in [0.3, 0.4) is 0 Å². The van der Waals surface area contributed by atoms with E-state index < -0.39 is 0 Å². The van der Waals surface area contributed by atoms with Crippen LogP contribution < -0.4 is 10.1 Å². The fraction of sp³-hybridized carbons (Fsp3) is 0.500. The first-order chi connectivity index (χ1) is 6.79. The van der Waals surface area contributed by atoms with E-state index in [0.29, 0.717) is 6.04 Å². The maximum Gasteiger partial charge on any atom is 0.119 e. The highest BCUT2D eigenvalue weighted by molar-refractivity contribution is 5.55. The molecule has 2 nitrogen and oxygen atoms in total. The zero-order valence-electron chi connectivity index (χ0n) is 8.84. The van der Waals surface area contributed by atoms with E-state index in [0.717, 1.165) is 12.2 Å². The van der Waals surface area contributed by atoms with Crippen LogP contribution in [-0.4, -0.2) is 13.2 Å². The molecule has 1 atom stereocenters. The fourth-order valence-electron chi connectivity index (χ4n) is 1.98. The van der Waals surface area contributed by atoms with Crippen LogP contribution in [-0.2, 0) is 6.42 Å². The van der Waals surface area contributed by atoms with Gasteiger partial charge in [0.05, 0.1) is 7.11 Å². The Morgan fingerprint density at radius 2 is 2.29 bits per heavy atom. The second kappa shape index (κ2) is 3.91. The van der Waals surface area contributed by atoms with Gasteiger partial charge in [-0.1, -0.05) is 0 Å². The van der Waals surface area contributed by atoms with Crippen molar-refractivity contribution in [3.8, 4) is 5.75 Å². The Hall–Kier alpha value is -1.18. The quantitative estimate of drug-likeness (QED) is 0.737. The smallest absolute Gasteiger partial charge is 0.119 e. The van der Waals surface area contributed by atoms with Crippen LogP contribution in [0.4, 0.5) is 5.69 Å². The van der Waals surface area contributed by atoms with Gasteiger partial charge in [-0.3, -0.25) is 0 Å². The molecule has 0 aromatic heterocycles. The summed E-state index contributed by atoms with van der Waals surface area (Å²) in [6.45, 7) is 2.24. The molecule has 0 fully saturated rings. The molecule has 1 N–H and O–H groups in total. The molecule has 1 unspecified atom stereocenters. The van der Waals surface area contributed by atoms with Gasteiger partial charge in [0.2, 0.25) is 0 Å². The number of aryl methyl sites for hydroxylation is 1. The van der Waals surface area contributed by atoms with Crippen molar-refractivity contribution in [2.75, 3.05) is 12.4 Å². The van der Waals surface area contributed by atoms with Gasteiger partial charge in [0.25, 0.3) is 0 Å². The Morgan fingerprint density at radius 3 is 3.07 bits per heavy atom. The number of ether oxygens (including phenoxy) is 1. The molecular weight excluding hydrogens is 174 g/mol. The lowest BCUT2D eigenvalue weighted by atomic mass is 10.1. The van der Waals surface area contributed by atoms with Crippen molar-refractivity contribution in [3.05, 3.63) is 23.8 Å². The van der Waals surface area contributed by atoms with Crippen LogP contribution in [0.25, 0.3) is 0 Å². The summed E-state index contributed by atoms with van der Waals surface area (Å²) in [5.41, 5.74) is 2.66. The predicted octanol–water partition coefficient (Wildman–Crippen LogP) is 2.83. The first-order valence-electron chi connectivity index (χ1n) is 5.23. The third-order valence-electron chi connectivity index (χ3n) is 2.80. The monoisotopic (exact) mass is 191 g/mol. The van der Waals surface area contributed by atoms with Gasteiger partial charge < -0.3 is 10.1 Å². The average Bonchev–Trinajstić information content (AvgIpc) is 2.37. The van der Waals surface area contributed by atoms with Crippen molar-refractivity contribution in [1.29, 1.82) is 0 Å². The maximum absolute atomic E-state index is 5.22. The van der Waals surface area contributed by atoms with E-state index in [1.54, 1.807) is 7.11 Å². The van der Waals surface area contributed by atoms with E-state index in [-0.39, 0.29) is 0 Å². The number of hydrogen-bond acceptors (Lipinski definition) is 2. The molecule has 0 radical (unpaired) electrons. The van der Waals surface area contributed by atoms with Crippen LogP contribution in [0, 0.1) is 0 Å². The summed E-state index contributed by atoms with van der Waals surface area (Å²) in [7, 11) is 1.72. The minimum absolute atomic E-state index is 0.588. The Kier molecular flexibility index (Phi) is 2.62. The van der Waals surface area contributed by atoms with Gasteiger partial charge in [0, 0.05) is 11.7 Å². The first-order valence-corrected chi connectivity index (χ1v) is 5.23. The number of rotatable bonds is 1. The lowest BCUT2D eigenvalue weighted by molar-refractivity contribution is 0.414. The number of hydrogen-bond donors (Lipinski definition) is 1. The number of anilines is 1. The third-order valence-corrected chi connectivity index (χ3v) is 2.80. The number of nitrogens with one attached hydrogen (secondary N) is 1. The summed E-state index contributed by atoms with van der Waals surface area (Å²) >= 11 is 0. The molecule has 1 aliphatic rings. The first kappa shape index (κ1) is 9.38. The Labute approximate surface area is 85.3 Å². The molecule has 1 aliphatic heterocycles. The Morgan fingerprint density at radius 1 is 1.43 bits per heavy atom. The number of benzene rings is 1. The molecule has 76 valence electrons. The van der Waals surface area contributed by atoms with Crippen molar-refractivity contribution in [2.45, 2.75) is 32.2 Å². The van der Waals surface area contributed by atoms with Crippen LogP contribution in [0.15, 0.2) is 18.2 Å². The zero-order chi connectivity index (χ0) is 9.97. The molecule has 14 heavy (non-hydrogen) atoms. The van der Waals surface area contributed by atoms with Crippen molar-refractivity contribution < 1.29 is 4.74 Å². The van der Waals surface area contributed by atoms with Crippen molar-refractivity contribution >= 4 is 5.69 Å². The molecule has 1 aromatic rings. The van der Waals surface area contributed by atoms with Crippen molar-refractivity contribution in [1.82, 2.24) is 0 Å². The van der Waals surface area contributed by atoms with Crippen LogP contribution in [0.1, 0.15) is 25.3 Å².